The molecule has 0 atom stereocenters. The molecule has 140 valence electrons. The standard InChI is InChI=1S/C19H26N4O3/c1-3-23(4-2)12-7-11-21-18(24)16(14-15-8-5-10-20-15)22-19(25)17-9-6-13-26-17/h5-6,8-10,13-14,20H,3-4,7,11-12H2,1-2H3,(H,21,24)(H,22,25)/p+1/b16-14-. The minimum Gasteiger partial charge on any atom is -0.459 e. The Morgan fingerprint density at radius 2 is 2.04 bits per heavy atom. The van der Waals surface area contributed by atoms with Gasteiger partial charge in [-0.25, -0.2) is 0 Å². The molecule has 2 aromatic rings. The van der Waals surface area contributed by atoms with Crippen LogP contribution in [0, 0.1) is 0 Å². The maximum Gasteiger partial charge on any atom is 0.291 e. The monoisotopic (exact) mass is 359 g/mol. The van der Waals surface area contributed by atoms with Gasteiger partial charge in [-0.05, 0) is 44.2 Å². The average molecular weight is 359 g/mol. The summed E-state index contributed by atoms with van der Waals surface area (Å²) in [4.78, 5) is 29.2. The van der Waals surface area contributed by atoms with Crippen LogP contribution in [0.1, 0.15) is 36.5 Å². The zero-order valence-electron chi connectivity index (χ0n) is 15.3. The molecule has 7 heteroatoms. The Morgan fingerprint density at radius 1 is 1.23 bits per heavy atom. The van der Waals surface area contributed by atoms with Crippen molar-refractivity contribution in [2.24, 2.45) is 0 Å². The Kier molecular flexibility index (Phi) is 7.70. The molecule has 26 heavy (non-hydrogen) atoms. The Hall–Kier alpha value is -2.80. The van der Waals surface area contributed by atoms with Gasteiger partial charge in [-0.15, -0.1) is 0 Å². The van der Waals surface area contributed by atoms with Crippen molar-refractivity contribution in [3.63, 3.8) is 0 Å². The fourth-order valence-electron chi connectivity index (χ4n) is 2.58. The number of aromatic nitrogens is 1. The quantitative estimate of drug-likeness (QED) is 0.374. The molecule has 7 nitrogen and oxygen atoms in total. The van der Waals surface area contributed by atoms with Crippen LogP contribution in [0.4, 0.5) is 0 Å². The average Bonchev–Trinajstić information content (AvgIpc) is 3.35. The predicted molar refractivity (Wildman–Crippen MR) is 99.5 cm³/mol. The fraction of sp³-hybridized carbons (Fsp3) is 0.368. The van der Waals surface area contributed by atoms with Crippen LogP contribution in [0.25, 0.3) is 6.08 Å². The number of carbonyl (C=O) groups excluding carboxylic acids is 2. The molecule has 0 spiro atoms. The van der Waals surface area contributed by atoms with E-state index in [0.717, 1.165) is 31.7 Å². The highest BCUT2D eigenvalue weighted by atomic mass is 16.3. The number of hydrogen-bond donors (Lipinski definition) is 4. The van der Waals surface area contributed by atoms with Crippen LogP contribution >= 0.6 is 0 Å². The number of aromatic amines is 1. The van der Waals surface area contributed by atoms with Crippen LogP contribution < -0.4 is 15.5 Å². The molecule has 0 aliphatic heterocycles. The number of nitrogens with one attached hydrogen (secondary N) is 4. The van der Waals surface area contributed by atoms with Crippen molar-refractivity contribution in [1.29, 1.82) is 0 Å². The van der Waals surface area contributed by atoms with E-state index in [9.17, 15) is 9.59 Å². The van der Waals surface area contributed by atoms with Gasteiger partial charge in [-0.1, -0.05) is 0 Å². The fourth-order valence-corrected chi connectivity index (χ4v) is 2.58. The smallest absolute Gasteiger partial charge is 0.291 e. The van der Waals surface area contributed by atoms with Gasteiger partial charge in [-0.3, -0.25) is 9.59 Å². The highest BCUT2D eigenvalue weighted by molar-refractivity contribution is 6.04. The number of hydrogen-bond acceptors (Lipinski definition) is 3. The van der Waals surface area contributed by atoms with Crippen molar-refractivity contribution in [2.75, 3.05) is 26.2 Å². The first-order chi connectivity index (χ1) is 12.6. The lowest BCUT2D eigenvalue weighted by Crippen LogP contribution is -3.11. The van der Waals surface area contributed by atoms with Gasteiger partial charge in [0.15, 0.2) is 5.76 Å². The first-order valence-corrected chi connectivity index (χ1v) is 8.95. The van der Waals surface area contributed by atoms with E-state index < -0.39 is 5.91 Å². The van der Waals surface area contributed by atoms with Crippen molar-refractivity contribution in [2.45, 2.75) is 20.3 Å². The molecule has 0 aliphatic carbocycles. The highest BCUT2D eigenvalue weighted by Crippen LogP contribution is 2.05. The van der Waals surface area contributed by atoms with Crippen LogP contribution in [0.2, 0.25) is 0 Å². The molecule has 4 N–H and O–H groups in total. The third-order valence-electron chi connectivity index (χ3n) is 4.15. The van der Waals surface area contributed by atoms with Crippen molar-refractivity contribution in [3.8, 4) is 0 Å². The molecule has 0 aliphatic rings. The topological polar surface area (TPSA) is 91.6 Å². The summed E-state index contributed by atoms with van der Waals surface area (Å²) in [6.07, 6.45) is 5.65. The predicted octanol–water partition coefficient (Wildman–Crippen LogP) is 0.810. The van der Waals surface area contributed by atoms with E-state index in [1.165, 1.54) is 11.2 Å². The van der Waals surface area contributed by atoms with Crippen molar-refractivity contribution >= 4 is 17.9 Å². The molecule has 2 heterocycles. The van der Waals surface area contributed by atoms with Crippen LogP contribution in [0.3, 0.4) is 0 Å². The molecule has 2 aromatic heterocycles. The zero-order chi connectivity index (χ0) is 18.8. The lowest BCUT2D eigenvalue weighted by molar-refractivity contribution is -0.896. The maximum atomic E-state index is 12.5. The third-order valence-corrected chi connectivity index (χ3v) is 4.15. The summed E-state index contributed by atoms with van der Waals surface area (Å²) in [5.41, 5.74) is 0.895. The minimum atomic E-state index is -0.462. The number of quaternary nitrogens is 1. The Labute approximate surface area is 153 Å². The van der Waals surface area contributed by atoms with Crippen molar-refractivity contribution < 1.29 is 18.9 Å². The molecule has 2 rings (SSSR count). The lowest BCUT2D eigenvalue weighted by atomic mass is 10.2. The molecule has 0 aromatic carbocycles. The zero-order valence-corrected chi connectivity index (χ0v) is 15.3. The van der Waals surface area contributed by atoms with Crippen LogP contribution in [0.15, 0.2) is 46.8 Å². The molecular formula is C19H27N4O3+. The highest BCUT2D eigenvalue weighted by Gasteiger charge is 2.16. The molecule has 0 fully saturated rings. The van der Waals surface area contributed by atoms with Gasteiger partial charge in [0, 0.05) is 24.9 Å². The van der Waals surface area contributed by atoms with E-state index in [-0.39, 0.29) is 17.4 Å². The van der Waals surface area contributed by atoms with Crippen LogP contribution in [-0.2, 0) is 4.79 Å². The van der Waals surface area contributed by atoms with Gasteiger partial charge in [0.25, 0.3) is 11.8 Å². The van der Waals surface area contributed by atoms with Crippen LogP contribution in [0.5, 0.6) is 0 Å². The van der Waals surface area contributed by atoms with Crippen molar-refractivity contribution in [3.05, 3.63) is 53.9 Å². The Morgan fingerprint density at radius 3 is 2.65 bits per heavy atom. The second-order valence-corrected chi connectivity index (χ2v) is 5.93. The van der Waals surface area contributed by atoms with E-state index in [1.54, 1.807) is 24.4 Å². The van der Waals surface area contributed by atoms with Gasteiger partial charge in [0.1, 0.15) is 5.70 Å². The summed E-state index contributed by atoms with van der Waals surface area (Å²) < 4.78 is 5.08. The number of amides is 2. The van der Waals surface area contributed by atoms with E-state index in [1.807, 2.05) is 12.1 Å². The Balaban J connectivity index is 1.97. The van der Waals surface area contributed by atoms with Crippen LogP contribution in [-0.4, -0.2) is 43.0 Å². The molecule has 0 saturated heterocycles. The number of furan rings is 1. The molecule has 0 saturated carbocycles. The first-order valence-electron chi connectivity index (χ1n) is 8.95. The lowest BCUT2D eigenvalue weighted by Gasteiger charge is -2.15. The largest absolute Gasteiger partial charge is 0.459 e. The van der Waals surface area contributed by atoms with E-state index >= 15 is 0 Å². The van der Waals surface area contributed by atoms with Gasteiger partial charge in [0.05, 0.1) is 25.9 Å². The SMILES string of the molecule is CC[NH+](CC)CCCNC(=O)/C(=C/c1ccc[nH]1)NC(=O)c1ccco1. The number of H-pyrrole nitrogens is 1. The third kappa shape index (κ3) is 5.93. The summed E-state index contributed by atoms with van der Waals surface area (Å²) >= 11 is 0. The van der Waals surface area contributed by atoms with Gasteiger partial charge < -0.3 is 24.9 Å². The maximum absolute atomic E-state index is 12.5. The summed E-state index contributed by atoms with van der Waals surface area (Å²) in [6.45, 7) is 8.00. The normalized spacial score (nSPS) is 11.6. The second kappa shape index (κ2) is 10.2. The summed E-state index contributed by atoms with van der Waals surface area (Å²) in [5.74, 6) is -0.634. The molecule has 2 amide bonds. The minimum absolute atomic E-state index is 0.153. The molecular weight excluding hydrogens is 332 g/mol. The van der Waals surface area contributed by atoms with E-state index in [2.05, 4.69) is 29.5 Å². The van der Waals surface area contributed by atoms with Gasteiger partial charge >= 0.3 is 0 Å². The molecule has 0 bridgehead atoms. The van der Waals surface area contributed by atoms with Gasteiger partial charge in [0.2, 0.25) is 0 Å². The van der Waals surface area contributed by atoms with Crippen molar-refractivity contribution in [1.82, 2.24) is 15.6 Å². The Bertz CT molecular complexity index is 701. The summed E-state index contributed by atoms with van der Waals surface area (Å²) in [7, 11) is 0. The summed E-state index contributed by atoms with van der Waals surface area (Å²) in [5, 5.41) is 5.49. The van der Waals surface area contributed by atoms with Gasteiger partial charge in [-0.2, -0.15) is 0 Å². The number of rotatable bonds is 10. The second-order valence-electron chi connectivity index (χ2n) is 5.93. The molecule has 0 radical (unpaired) electrons. The van der Waals surface area contributed by atoms with E-state index in [0.29, 0.717) is 6.54 Å². The summed E-state index contributed by atoms with van der Waals surface area (Å²) in [6, 6.07) is 6.81. The number of carbonyl (C=O) groups is 2. The van der Waals surface area contributed by atoms with E-state index in [4.69, 9.17) is 4.42 Å². The molecule has 0 unspecified atom stereocenters. The first kappa shape index (κ1) is 19.5.